The highest BCUT2D eigenvalue weighted by Gasteiger charge is 2.22. The fraction of sp³-hybridized carbons (Fsp3) is 0.346. The van der Waals surface area contributed by atoms with Crippen molar-refractivity contribution in [1.29, 1.82) is 5.26 Å². The summed E-state index contributed by atoms with van der Waals surface area (Å²) >= 11 is 0. The van der Waals surface area contributed by atoms with Crippen molar-refractivity contribution < 1.29 is 4.39 Å². The third-order valence-electron chi connectivity index (χ3n) is 6.79. The molecule has 4 heteroatoms. The second kappa shape index (κ2) is 8.08. The van der Waals surface area contributed by atoms with E-state index in [1.54, 1.807) is 6.07 Å². The Morgan fingerprint density at radius 3 is 2.93 bits per heavy atom. The Labute approximate surface area is 176 Å². The lowest BCUT2D eigenvalue weighted by atomic mass is 9.80. The van der Waals surface area contributed by atoms with Crippen molar-refractivity contribution in [2.24, 2.45) is 0 Å². The van der Waals surface area contributed by atoms with Crippen molar-refractivity contribution in [2.45, 2.75) is 38.0 Å². The summed E-state index contributed by atoms with van der Waals surface area (Å²) in [5, 5.41) is 10.3. The summed E-state index contributed by atoms with van der Waals surface area (Å²) in [5.41, 5.74) is 7.05. The normalized spacial score (nSPS) is 19.3. The van der Waals surface area contributed by atoms with E-state index in [2.05, 4.69) is 34.2 Å². The van der Waals surface area contributed by atoms with Crippen LogP contribution in [0.3, 0.4) is 0 Å². The summed E-state index contributed by atoms with van der Waals surface area (Å²) in [5.74, 6) is 0.406. The summed E-state index contributed by atoms with van der Waals surface area (Å²) in [6.45, 7) is 3.13. The number of nitriles is 1. The lowest BCUT2D eigenvalue weighted by Gasteiger charge is -2.30. The topological polar surface area (TPSA) is 42.8 Å². The number of hydrogen-bond acceptors (Lipinski definition) is 2. The summed E-state index contributed by atoms with van der Waals surface area (Å²) in [6.07, 6.45) is 10.1. The molecule has 3 nitrogen and oxygen atoms in total. The molecule has 1 aromatic heterocycles. The molecule has 1 N–H and O–H groups in total. The number of halogens is 1. The van der Waals surface area contributed by atoms with Crippen LogP contribution in [0.4, 0.5) is 4.39 Å². The van der Waals surface area contributed by atoms with Gasteiger partial charge in [0.15, 0.2) is 0 Å². The van der Waals surface area contributed by atoms with E-state index >= 15 is 0 Å². The zero-order valence-electron chi connectivity index (χ0n) is 17.1. The van der Waals surface area contributed by atoms with Gasteiger partial charge in [-0.05, 0) is 91.6 Å². The minimum Gasteiger partial charge on any atom is -0.360 e. The van der Waals surface area contributed by atoms with Gasteiger partial charge >= 0.3 is 0 Å². The van der Waals surface area contributed by atoms with Gasteiger partial charge in [-0.3, -0.25) is 4.90 Å². The molecule has 30 heavy (non-hydrogen) atoms. The van der Waals surface area contributed by atoms with Gasteiger partial charge < -0.3 is 4.98 Å². The molecule has 1 atom stereocenters. The smallest absolute Gasteiger partial charge is 0.125 e. The maximum absolute atomic E-state index is 13.5. The largest absolute Gasteiger partial charge is 0.360 e. The molecule has 152 valence electrons. The molecule has 0 saturated carbocycles. The second-order valence-electron chi connectivity index (χ2n) is 8.58. The van der Waals surface area contributed by atoms with Gasteiger partial charge in [-0.15, -0.1) is 0 Å². The molecule has 0 spiro atoms. The van der Waals surface area contributed by atoms with E-state index < -0.39 is 0 Å². The van der Waals surface area contributed by atoms with Gasteiger partial charge in [-0.1, -0.05) is 12.1 Å². The van der Waals surface area contributed by atoms with Crippen LogP contribution in [0.25, 0.3) is 16.5 Å². The van der Waals surface area contributed by atoms with Crippen LogP contribution in [0, 0.1) is 17.1 Å². The molecule has 1 aliphatic heterocycles. The number of aromatic nitrogens is 1. The zero-order chi connectivity index (χ0) is 20.5. The van der Waals surface area contributed by atoms with Gasteiger partial charge in [0.05, 0.1) is 11.6 Å². The van der Waals surface area contributed by atoms with Crippen LogP contribution in [0.5, 0.6) is 0 Å². The number of nitrogens with one attached hydrogen (secondary N) is 1. The first-order valence-corrected chi connectivity index (χ1v) is 10.9. The van der Waals surface area contributed by atoms with Gasteiger partial charge in [0, 0.05) is 35.8 Å². The summed E-state index contributed by atoms with van der Waals surface area (Å²) in [7, 11) is 0. The monoisotopic (exact) mass is 399 g/mol. The molecule has 2 aliphatic rings. The van der Waals surface area contributed by atoms with Crippen LogP contribution in [-0.4, -0.2) is 29.5 Å². The Hall–Kier alpha value is -2.90. The Bertz CT molecular complexity index is 1150. The number of aromatic amines is 1. The van der Waals surface area contributed by atoms with Crippen LogP contribution < -0.4 is 0 Å². The van der Waals surface area contributed by atoms with Gasteiger partial charge in [0.25, 0.3) is 0 Å². The highest BCUT2D eigenvalue weighted by Crippen LogP contribution is 2.35. The van der Waals surface area contributed by atoms with Crippen LogP contribution >= 0.6 is 0 Å². The fourth-order valence-corrected chi connectivity index (χ4v) is 5.15. The van der Waals surface area contributed by atoms with Crippen molar-refractivity contribution in [3.8, 4) is 6.07 Å². The maximum Gasteiger partial charge on any atom is 0.125 e. The number of rotatable bonds is 4. The Balaban J connectivity index is 1.24. The summed E-state index contributed by atoms with van der Waals surface area (Å²) in [6, 6.07) is 13.5. The zero-order valence-corrected chi connectivity index (χ0v) is 17.1. The molecule has 2 heterocycles. The standard InChI is InChI=1S/C26H26FN3/c27-22-5-7-24-25(17-29-26(24)15-22)20-9-12-30(13-10-20)11-8-19-2-1-3-21-14-18(16-28)4-6-23(19)21/h4-7,9,14-15,17,19,29H,1-3,8,10-13H2. The van der Waals surface area contributed by atoms with Gasteiger partial charge in [-0.25, -0.2) is 4.39 Å². The van der Waals surface area contributed by atoms with Crippen molar-refractivity contribution >= 4 is 16.5 Å². The number of nitrogens with zero attached hydrogens (tertiary/aromatic N) is 2. The van der Waals surface area contributed by atoms with Crippen LogP contribution in [0.15, 0.2) is 48.7 Å². The molecule has 0 amide bonds. The Morgan fingerprint density at radius 2 is 2.10 bits per heavy atom. The van der Waals surface area contributed by atoms with Crippen molar-refractivity contribution in [3.05, 3.63) is 76.7 Å². The minimum atomic E-state index is -0.201. The fourth-order valence-electron chi connectivity index (χ4n) is 5.15. The first-order valence-electron chi connectivity index (χ1n) is 10.9. The van der Waals surface area contributed by atoms with Gasteiger partial charge in [0.1, 0.15) is 5.82 Å². The Morgan fingerprint density at radius 1 is 1.17 bits per heavy atom. The molecule has 0 radical (unpaired) electrons. The van der Waals surface area contributed by atoms with Crippen molar-refractivity contribution in [2.75, 3.05) is 19.6 Å². The average molecular weight is 400 g/mol. The van der Waals surface area contributed by atoms with E-state index in [9.17, 15) is 4.39 Å². The van der Waals surface area contributed by atoms with Crippen LogP contribution in [0.1, 0.15) is 53.9 Å². The molecular weight excluding hydrogens is 373 g/mol. The quantitative estimate of drug-likeness (QED) is 0.604. The van der Waals surface area contributed by atoms with Crippen molar-refractivity contribution in [3.63, 3.8) is 0 Å². The number of hydrogen-bond donors (Lipinski definition) is 1. The van der Waals surface area contributed by atoms with Crippen molar-refractivity contribution in [1.82, 2.24) is 9.88 Å². The molecule has 1 unspecified atom stereocenters. The van der Waals surface area contributed by atoms with Gasteiger partial charge in [0.2, 0.25) is 0 Å². The number of aryl methyl sites for hydroxylation is 1. The lowest BCUT2D eigenvalue weighted by molar-refractivity contribution is 0.283. The van der Waals surface area contributed by atoms with E-state index in [0.717, 1.165) is 48.9 Å². The average Bonchev–Trinajstić information content (AvgIpc) is 3.20. The van der Waals surface area contributed by atoms with Crippen LogP contribution in [0.2, 0.25) is 0 Å². The van der Waals surface area contributed by atoms with E-state index in [0.29, 0.717) is 5.92 Å². The van der Waals surface area contributed by atoms with E-state index in [4.69, 9.17) is 5.26 Å². The predicted molar refractivity (Wildman–Crippen MR) is 119 cm³/mol. The second-order valence-corrected chi connectivity index (χ2v) is 8.58. The molecule has 0 saturated heterocycles. The number of H-pyrrole nitrogens is 1. The molecule has 5 rings (SSSR count). The highest BCUT2D eigenvalue weighted by atomic mass is 19.1. The molecule has 0 fully saturated rings. The molecule has 1 aliphatic carbocycles. The molecule has 3 aromatic rings. The molecular formula is C26H26FN3. The number of fused-ring (bicyclic) bond motifs is 2. The highest BCUT2D eigenvalue weighted by molar-refractivity contribution is 5.92. The summed E-state index contributed by atoms with van der Waals surface area (Å²) < 4.78 is 13.5. The third-order valence-corrected chi connectivity index (χ3v) is 6.79. The van der Waals surface area contributed by atoms with Crippen LogP contribution in [-0.2, 0) is 6.42 Å². The SMILES string of the molecule is N#Cc1ccc2c(c1)CCCC2CCN1CC=C(c2c[nH]c3cc(F)ccc23)CC1. The van der Waals surface area contributed by atoms with Gasteiger partial charge in [-0.2, -0.15) is 5.26 Å². The summed E-state index contributed by atoms with van der Waals surface area (Å²) in [4.78, 5) is 5.75. The predicted octanol–water partition coefficient (Wildman–Crippen LogP) is 5.78. The minimum absolute atomic E-state index is 0.201. The van der Waals surface area contributed by atoms with E-state index in [1.165, 1.54) is 47.6 Å². The van der Waals surface area contributed by atoms with E-state index in [-0.39, 0.29) is 5.82 Å². The molecule has 0 bridgehead atoms. The Kier molecular flexibility index (Phi) is 5.14. The lowest BCUT2D eigenvalue weighted by Crippen LogP contribution is -2.30. The molecule has 2 aromatic carbocycles. The third kappa shape index (κ3) is 3.66. The first-order chi connectivity index (χ1) is 14.7. The van der Waals surface area contributed by atoms with E-state index in [1.807, 2.05) is 18.3 Å². The first kappa shape index (κ1) is 19.1. The maximum atomic E-state index is 13.5. The number of benzene rings is 2.